The topological polar surface area (TPSA) is 59.3 Å². The van der Waals surface area contributed by atoms with Gasteiger partial charge in [-0.15, -0.1) is 16.4 Å². The molecule has 0 aliphatic carbocycles. The number of amides is 1. The van der Waals surface area contributed by atoms with Crippen molar-refractivity contribution in [2.45, 2.75) is 25.7 Å². The maximum atomic E-state index is 14.0. The fourth-order valence-electron chi connectivity index (χ4n) is 3.17. The number of nitrogens with zero attached hydrogens (tertiary/aromatic N) is 3. The molecule has 1 amide bonds. The summed E-state index contributed by atoms with van der Waals surface area (Å²) in [5.41, 5.74) is 2.59. The van der Waals surface area contributed by atoms with Crippen molar-refractivity contribution in [1.82, 2.24) is 19.9 Å². The number of fused-ring (bicyclic) bond motifs is 1. The molecule has 0 aliphatic rings. The third-order valence-corrected chi connectivity index (χ3v) is 5.55. The van der Waals surface area contributed by atoms with E-state index < -0.39 is 0 Å². The predicted octanol–water partition coefficient (Wildman–Crippen LogP) is 4.28. The first-order chi connectivity index (χ1) is 14.2. The average Bonchev–Trinajstić information content (AvgIpc) is 3.31. The molecular weight excluding hydrogens is 387 g/mol. The quantitative estimate of drug-likeness (QED) is 0.473. The summed E-state index contributed by atoms with van der Waals surface area (Å²) >= 11 is 1.46. The SMILES string of the molecule is O=C(CCCc1ccccc1)NCCc1csc2nc(-c3ccccc3F)nn12. The predicted molar refractivity (Wildman–Crippen MR) is 112 cm³/mol. The number of halogens is 1. The number of nitrogens with one attached hydrogen (secondary N) is 1. The fourth-order valence-corrected chi connectivity index (χ4v) is 4.03. The van der Waals surface area contributed by atoms with Gasteiger partial charge in [0.1, 0.15) is 5.82 Å². The Morgan fingerprint density at radius 2 is 1.86 bits per heavy atom. The van der Waals surface area contributed by atoms with Gasteiger partial charge in [0.05, 0.1) is 11.3 Å². The van der Waals surface area contributed by atoms with Gasteiger partial charge >= 0.3 is 0 Å². The normalized spacial score (nSPS) is 11.1. The molecule has 148 valence electrons. The van der Waals surface area contributed by atoms with Crippen LogP contribution in [0.2, 0.25) is 0 Å². The van der Waals surface area contributed by atoms with Crippen LogP contribution >= 0.6 is 11.3 Å². The van der Waals surface area contributed by atoms with Crippen molar-refractivity contribution >= 4 is 22.2 Å². The van der Waals surface area contributed by atoms with E-state index in [4.69, 9.17) is 0 Å². The lowest BCUT2D eigenvalue weighted by Gasteiger charge is -2.05. The molecule has 0 spiro atoms. The zero-order chi connectivity index (χ0) is 20.1. The Bertz CT molecular complexity index is 1110. The first-order valence-electron chi connectivity index (χ1n) is 9.59. The van der Waals surface area contributed by atoms with Gasteiger partial charge in [-0.05, 0) is 30.5 Å². The van der Waals surface area contributed by atoms with Gasteiger partial charge in [0, 0.05) is 24.8 Å². The highest BCUT2D eigenvalue weighted by Crippen LogP contribution is 2.23. The molecule has 5 nitrogen and oxygen atoms in total. The van der Waals surface area contributed by atoms with Crippen LogP contribution in [-0.4, -0.2) is 27.0 Å². The monoisotopic (exact) mass is 408 g/mol. The second kappa shape index (κ2) is 8.96. The van der Waals surface area contributed by atoms with E-state index in [0.29, 0.717) is 35.7 Å². The molecule has 2 aromatic heterocycles. The Hall–Kier alpha value is -3.06. The molecule has 4 aromatic rings. The molecule has 1 N–H and O–H groups in total. The molecular formula is C22H21FN4OS. The molecule has 4 rings (SSSR count). The van der Waals surface area contributed by atoms with Gasteiger partial charge in [0.15, 0.2) is 5.82 Å². The Kier molecular flexibility index (Phi) is 5.95. The highest BCUT2D eigenvalue weighted by molar-refractivity contribution is 7.15. The number of benzene rings is 2. The van der Waals surface area contributed by atoms with Crippen molar-refractivity contribution in [3.8, 4) is 11.4 Å². The Morgan fingerprint density at radius 1 is 1.07 bits per heavy atom. The summed E-state index contributed by atoms with van der Waals surface area (Å²) < 4.78 is 15.7. The molecule has 0 atom stereocenters. The van der Waals surface area contributed by atoms with E-state index in [1.807, 2.05) is 23.6 Å². The fraction of sp³-hybridized carbons (Fsp3) is 0.227. The molecule has 2 aromatic carbocycles. The Labute approximate surface area is 172 Å². The second-order valence-electron chi connectivity index (χ2n) is 6.78. The molecule has 0 saturated carbocycles. The van der Waals surface area contributed by atoms with E-state index in [0.717, 1.165) is 18.5 Å². The van der Waals surface area contributed by atoms with Gasteiger partial charge < -0.3 is 5.32 Å². The van der Waals surface area contributed by atoms with E-state index in [1.54, 1.807) is 22.7 Å². The summed E-state index contributed by atoms with van der Waals surface area (Å²) in [4.78, 5) is 17.2. The van der Waals surface area contributed by atoms with Gasteiger partial charge in [-0.25, -0.2) is 8.91 Å². The minimum atomic E-state index is -0.338. The highest BCUT2D eigenvalue weighted by Gasteiger charge is 2.14. The molecule has 0 aliphatic heterocycles. The van der Waals surface area contributed by atoms with Crippen LogP contribution in [0.4, 0.5) is 4.39 Å². The molecule has 7 heteroatoms. The van der Waals surface area contributed by atoms with Crippen molar-refractivity contribution in [2.24, 2.45) is 0 Å². The zero-order valence-electron chi connectivity index (χ0n) is 15.8. The van der Waals surface area contributed by atoms with Crippen LogP contribution in [0.15, 0.2) is 60.0 Å². The van der Waals surface area contributed by atoms with E-state index in [2.05, 4.69) is 27.5 Å². The van der Waals surface area contributed by atoms with Crippen molar-refractivity contribution in [1.29, 1.82) is 0 Å². The van der Waals surface area contributed by atoms with Crippen LogP contribution in [0.25, 0.3) is 16.3 Å². The van der Waals surface area contributed by atoms with Crippen molar-refractivity contribution < 1.29 is 9.18 Å². The lowest BCUT2D eigenvalue weighted by Crippen LogP contribution is -2.25. The smallest absolute Gasteiger partial charge is 0.220 e. The number of carbonyl (C=O) groups is 1. The minimum absolute atomic E-state index is 0.0537. The highest BCUT2D eigenvalue weighted by atomic mass is 32.1. The number of aryl methyl sites for hydroxylation is 1. The number of aromatic nitrogens is 3. The van der Waals surface area contributed by atoms with Gasteiger partial charge in [-0.3, -0.25) is 4.79 Å². The number of hydrogen-bond donors (Lipinski definition) is 1. The maximum absolute atomic E-state index is 14.0. The van der Waals surface area contributed by atoms with E-state index in [9.17, 15) is 9.18 Å². The number of carbonyl (C=O) groups excluding carboxylic acids is 1. The Morgan fingerprint density at radius 3 is 2.69 bits per heavy atom. The van der Waals surface area contributed by atoms with E-state index >= 15 is 0 Å². The summed E-state index contributed by atoms with van der Waals surface area (Å²) in [5, 5.41) is 9.39. The molecule has 0 fully saturated rings. The zero-order valence-corrected chi connectivity index (χ0v) is 16.7. The van der Waals surface area contributed by atoms with Gasteiger partial charge in [0.2, 0.25) is 10.9 Å². The van der Waals surface area contributed by atoms with Gasteiger partial charge in [-0.1, -0.05) is 42.5 Å². The van der Waals surface area contributed by atoms with Crippen LogP contribution in [0.1, 0.15) is 24.1 Å². The lowest BCUT2D eigenvalue weighted by atomic mass is 10.1. The van der Waals surface area contributed by atoms with Crippen LogP contribution < -0.4 is 5.32 Å². The molecule has 0 bridgehead atoms. The third kappa shape index (κ3) is 4.68. The third-order valence-electron chi connectivity index (χ3n) is 4.68. The summed E-state index contributed by atoms with van der Waals surface area (Å²) in [5.74, 6) is 0.0919. The minimum Gasteiger partial charge on any atom is -0.356 e. The Balaban J connectivity index is 1.29. The number of thiazole rings is 1. The second-order valence-corrected chi connectivity index (χ2v) is 7.61. The average molecular weight is 409 g/mol. The summed E-state index contributed by atoms with van der Waals surface area (Å²) in [7, 11) is 0. The molecule has 0 saturated heterocycles. The number of hydrogen-bond acceptors (Lipinski definition) is 4. The molecule has 29 heavy (non-hydrogen) atoms. The molecule has 0 unspecified atom stereocenters. The van der Waals surface area contributed by atoms with Crippen LogP contribution in [0.5, 0.6) is 0 Å². The van der Waals surface area contributed by atoms with E-state index in [-0.39, 0.29) is 11.7 Å². The summed E-state index contributed by atoms with van der Waals surface area (Å²) in [6.45, 7) is 0.533. The standard InChI is InChI=1S/C22H21FN4OS/c23-19-11-5-4-10-18(19)21-25-22-27(26-21)17(15-29-22)13-14-24-20(28)12-6-9-16-7-2-1-3-8-16/h1-5,7-8,10-11,15H,6,9,12-14H2,(H,24,28). The van der Waals surface area contributed by atoms with Crippen molar-refractivity contribution in [3.63, 3.8) is 0 Å². The molecule has 2 heterocycles. The first kappa shape index (κ1) is 19.3. The first-order valence-corrected chi connectivity index (χ1v) is 10.5. The largest absolute Gasteiger partial charge is 0.356 e. The lowest BCUT2D eigenvalue weighted by molar-refractivity contribution is -0.121. The molecule has 0 radical (unpaired) electrons. The van der Waals surface area contributed by atoms with Crippen molar-refractivity contribution in [3.05, 3.63) is 77.1 Å². The van der Waals surface area contributed by atoms with Crippen LogP contribution in [0.3, 0.4) is 0 Å². The van der Waals surface area contributed by atoms with Crippen LogP contribution in [0, 0.1) is 5.82 Å². The maximum Gasteiger partial charge on any atom is 0.220 e. The summed E-state index contributed by atoms with van der Waals surface area (Å²) in [6.07, 6.45) is 2.88. The van der Waals surface area contributed by atoms with Gasteiger partial charge in [0.25, 0.3) is 0 Å². The van der Waals surface area contributed by atoms with Crippen molar-refractivity contribution in [2.75, 3.05) is 6.54 Å². The van der Waals surface area contributed by atoms with Gasteiger partial charge in [-0.2, -0.15) is 4.98 Å². The number of rotatable bonds is 8. The van der Waals surface area contributed by atoms with E-state index in [1.165, 1.54) is 23.0 Å². The van der Waals surface area contributed by atoms with Crippen LogP contribution in [-0.2, 0) is 17.6 Å². The summed E-state index contributed by atoms with van der Waals surface area (Å²) in [6, 6.07) is 16.7.